The number of carbonyl (C=O) groups excluding carboxylic acids is 1. The molecule has 1 atom stereocenters. The molecule has 4 rings (SSSR count). The minimum absolute atomic E-state index is 0.201. The number of amides is 1. The van der Waals surface area contributed by atoms with Crippen molar-refractivity contribution in [2.45, 2.75) is 59.2 Å². The molecule has 1 saturated heterocycles. The minimum atomic E-state index is -0.201. The number of carbonyl (C=O) groups is 1. The fourth-order valence-corrected chi connectivity index (χ4v) is 4.31. The normalized spacial score (nSPS) is 16.3. The first-order valence-corrected chi connectivity index (χ1v) is 11.8. The number of ether oxygens (including phenoxy) is 2. The molecule has 1 amide bonds. The van der Waals surface area contributed by atoms with Gasteiger partial charge in [0.1, 0.15) is 12.4 Å². The highest BCUT2D eigenvalue weighted by Crippen LogP contribution is 2.30. The molecule has 3 aromatic rings. The van der Waals surface area contributed by atoms with Crippen molar-refractivity contribution < 1.29 is 18.8 Å². The number of nitrogens with one attached hydrogen (secondary N) is 1. The summed E-state index contributed by atoms with van der Waals surface area (Å²) >= 11 is 0. The van der Waals surface area contributed by atoms with Crippen LogP contribution in [0.15, 0.2) is 47.0 Å². The van der Waals surface area contributed by atoms with Crippen molar-refractivity contribution in [3.8, 4) is 11.5 Å². The Balaban J connectivity index is 1.37. The zero-order valence-electron chi connectivity index (χ0n) is 20.4. The Morgan fingerprint density at radius 1 is 1.15 bits per heavy atom. The SMILES string of the molecule is COc1cc(C(=O)Nc2ccc(CN3CCCC[C@H]3C)cc2)ccc1OCc1c(C)noc1C. The highest BCUT2D eigenvalue weighted by Gasteiger charge is 2.18. The predicted molar refractivity (Wildman–Crippen MR) is 131 cm³/mol. The van der Waals surface area contributed by atoms with Crippen LogP contribution in [0.4, 0.5) is 5.69 Å². The zero-order chi connectivity index (χ0) is 24.1. The van der Waals surface area contributed by atoms with Gasteiger partial charge in [0.2, 0.25) is 0 Å². The van der Waals surface area contributed by atoms with E-state index in [-0.39, 0.29) is 5.91 Å². The summed E-state index contributed by atoms with van der Waals surface area (Å²) in [5.41, 5.74) is 4.21. The largest absolute Gasteiger partial charge is 0.493 e. The van der Waals surface area contributed by atoms with Gasteiger partial charge in [0.05, 0.1) is 18.4 Å². The van der Waals surface area contributed by atoms with Gasteiger partial charge in [0.15, 0.2) is 11.5 Å². The number of methoxy groups -OCH3 is 1. The van der Waals surface area contributed by atoms with Crippen LogP contribution in [-0.4, -0.2) is 35.7 Å². The second-order valence-electron chi connectivity index (χ2n) is 8.92. The monoisotopic (exact) mass is 463 g/mol. The van der Waals surface area contributed by atoms with E-state index in [1.54, 1.807) is 25.3 Å². The summed E-state index contributed by atoms with van der Waals surface area (Å²) in [5, 5.41) is 6.91. The van der Waals surface area contributed by atoms with Crippen molar-refractivity contribution in [2.24, 2.45) is 0 Å². The third-order valence-electron chi connectivity index (χ3n) is 6.52. The third kappa shape index (κ3) is 5.59. The van der Waals surface area contributed by atoms with Gasteiger partial charge in [-0.2, -0.15) is 0 Å². The molecule has 0 aliphatic carbocycles. The number of hydrogen-bond donors (Lipinski definition) is 1. The van der Waals surface area contributed by atoms with Gasteiger partial charge in [0.25, 0.3) is 5.91 Å². The molecule has 7 nitrogen and oxygen atoms in total. The smallest absolute Gasteiger partial charge is 0.255 e. The van der Waals surface area contributed by atoms with Crippen molar-refractivity contribution in [1.29, 1.82) is 0 Å². The van der Waals surface area contributed by atoms with E-state index in [9.17, 15) is 4.79 Å². The number of piperidine rings is 1. The van der Waals surface area contributed by atoms with Gasteiger partial charge in [-0.1, -0.05) is 23.7 Å². The Bertz CT molecular complexity index is 1100. The van der Waals surface area contributed by atoms with Gasteiger partial charge in [-0.25, -0.2) is 0 Å². The van der Waals surface area contributed by atoms with Gasteiger partial charge >= 0.3 is 0 Å². The van der Waals surface area contributed by atoms with Crippen molar-refractivity contribution in [3.63, 3.8) is 0 Å². The molecule has 180 valence electrons. The number of likely N-dealkylation sites (tertiary alicyclic amines) is 1. The summed E-state index contributed by atoms with van der Waals surface area (Å²) in [6.45, 7) is 8.44. The van der Waals surface area contributed by atoms with Gasteiger partial charge < -0.3 is 19.3 Å². The molecule has 1 aliphatic heterocycles. The predicted octanol–water partition coefficient (Wildman–Crippen LogP) is 5.51. The maximum atomic E-state index is 12.8. The third-order valence-corrected chi connectivity index (χ3v) is 6.52. The molecule has 0 unspecified atom stereocenters. The lowest BCUT2D eigenvalue weighted by atomic mass is 10.0. The van der Waals surface area contributed by atoms with Crippen molar-refractivity contribution in [2.75, 3.05) is 19.0 Å². The molecule has 0 radical (unpaired) electrons. The minimum Gasteiger partial charge on any atom is -0.493 e. The Morgan fingerprint density at radius 2 is 1.94 bits per heavy atom. The Kier molecular flexibility index (Phi) is 7.53. The lowest BCUT2D eigenvalue weighted by molar-refractivity contribution is 0.102. The van der Waals surface area contributed by atoms with E-state index in [1.807, 2.05) is 26.0 Å². The van der Waals surface area contributed by atoms with E-state index < -0.39 is 0 Å². The van der Waals surface area contributed by atoms with Crippen LogP contribution in [-0.2, 0) is 13.2 Å². The van der Waals surface area contributed by atoms with Gasteiger partial charge in [0, 0.05) is 23.8 Å². The molecule has 7 heteroatoms. The van der Waals surface area contributed by atoms with E-state index in [4.69, 9.17) is 14.0 Å². The highest BCUT2D eigenvalue weighted by molar-refractivity contribution is 6.04. The summed E-state index contributed by atoms with van der Waals surface area (Å²) < 4.78 is 16.6. The number of anilines is 1. The van der Waals surface area contributed by atoms with Crippen molar-refractivity contribution >= 4 is 11.6 Å². The molecule has 1 aromatic heterocycles. The quantitative estimate of drug-likeness (QED) is 0.475. The van der Waals surface area contributed by atoms with Crippen molar-refractivity contribution in [3.05, 3.63) is 70.6 Å². The van der Waals surface area contributed by atoms with Crippen LogP contribution in [0.5, 0.6) is 11.5 Å². The van der Waals surface area contributed by atoms with E-state index in [2.05, 4.69) is 34.4 Å². The number of benzene rings is 2. The second kappa shape index (κ2) is 10.7. The van der Waals surface area contributed by atoms with Crippen LogP contribution in [0.1, 0.15) is 59.1 Å². The number of rotatable bonds is 8. The summed E-state index contributed by atoms with van der Waals surface area (Å²) in [6, 6.07) is 13.9. The Morgan fingerprint density at radius 3 is 2.62 bits per heavy atom. The molecule has 2 heterocycles. The Hall–Kier alpha value is -3.32. The van der Waals surface area contributed by atoms with Crippen molar-refractivity contribution in [1.82, 2.24) is 10.1 Å². The van der Waals surface area contributed by atoms with Crippen LogP contribution >= 0.6 is 0 Å². The Labute approximate surface area is 201 Å². The molecular formula is C27H33N3O4. The first kappa shape index (κ1) is 23.8. The van der Waals surface area contributed by atoms with Crippen LogP contribution in [0.25, 0.3) is 0 Å². The lowest BCUT2D eigenvalue weighted by Gasteiger charge is -2.33. The van der Waals surface area contributed by atoms with Gasteiger partial charge in [-0.3, -0.25) is 9.69 Å². The number of hydrogen-bond acceptors (Lipinski definition) is 6. The molecule has 34 heavy (non-hydrogen) atoms. The average Bonchev–Trinajstić information content (AvgIpc) is 3.17. The molecule has 0 spiro atoms. The average molecular weight is 464 g/mol. The molecule has 2 aromatic carbocycles. The number of aromatic nitrogens is 1. The first-order valence-electron chi connectivity index (χ1n) is 11.8. The first-order chi connectivity index (χ1) is 16.4. The van der Waals surface area contributed by atoms with E-state index in [0.29, 0.717) is 29.7 Å². The summed E-state index contributed by atoms with van der Waals surface area (Å²) in [4.78, 5) is 15.4. The van der Waals surface area contributed by atoms with E-state index in [1.165, 1.54) is 24.8 Å². The highest BCUT2D eigenvalue weighted by atomic mass is 16.5. The topological polar surface area (TPSA) is 76.8 Å². The molecular weight excluding hydrogens is 430 g/mol. The molecule has 1 fully saturated rings. The van der Waals surface area contributed by atoms with E-state index >= 15 is 0 Å². The molecule has 1 aliphatic rings. The van der Waals surface area contributed by atoms with Gasteiger partial charge in [-0.15, -0.1) is 0 Å². The second-order valence-corrected chi connectivity index (χ2v) is 8.92. The summed E-state index contributed by atoms with van der Waals surface area (Å²) in [5.74, 6) is 1.57. The summed E-state index contributed by atoms with van der Waals surface area (Å²) in [6.07, 6.45) is 3.86. The van der Waals surface area contributed by atoms with Gasteiger partial charge in [-0.05, 0) is 76.1 Å². The van der Waals surface area contributed by atoms with Crippen LogP contribution < -0.4 is 14.8 Å². The van der Waals surface area contributed by atoms with Crippen LogP contribution in [0.3, 0.4) is 0 Å². The molecule has 0 saturated carbocycles. The zero-order valence-corrected chi connectivity index (χ0v) is 20.4. The lowest BCUT2D eigenvalue weighted by Crippen LogP contribution is -2.36. The molecule has 1 N–H and O–H groups in total. The van der Waals surface area contributed by atoms with E-state index in [0.717, 1.165) is 35.8 Å². The molecule has 0 bridgehead atoms. The standard InChI is InChI=1S/C27H33N3O4/c1-18-7-5-6-14-30(18)16-21-8-11-23(12-9-21)28-27(31)22-10-13-25(26(15-22)32-4)33-17-24-19(2)29-34-20(24)3/h8-13,15,18H,5-7,14,16-17H2,1-4H3,(H,28,31)/t18-/m1/s1. The maximum absolute atomic E-state index is 12.8. The van der Waals surface area contributed by atoms with Crippen LogP contribution in [0, 0.1) is 13.8 Å². The van der Waals surface area contributed by atoms with Crippen LogP contribution in [0.2, 0.25) is 0 Å². The number of aryl methyl sites for hydroxylation is 2. The maximum Gasteiger partial charge on any atom is 0.255 e. The number of nitrogens with zero attached hydrogens (tertiary/aromatic N) is 2. The fraction of sp³-hybridized carbons (Fsp3) is 0.407. The summed E-state index contributed by atoms with van der Waals surface area (Å²) in [7, 11) is 1.56. The fourth-order valence-electron chi connectivity index (χ4n) is 4.31.